The van der Waals surface area contributed by atoms with Crippen LogP contribution in [0.3, 0.4) is 0 Å². The fourth-order valence-corrected chi connectivity index (χ4v) is 10.1. The maximum absolute atomic E-state index is 12.9. The molecule has 0 aromatic carbocycles. The van der Waals surface area contributed by atoms with Gasteiger partial charge in [0, 0.05) is 19.3 Å². The number of hydrogen-bond acceptors (Lipinski definition) is 6. The molecule has 0 saturated carbocycles. The van der Waals surface area contributed by atoms with Gasteiger partial charge in [-0.2, -0.15) is 0 Å². The van der Waals surface area contributed by atoms with Crippen molar-refractivity contribution in [1.82, 2.24) is 0 Å². The van der Waals surface area contributed by atoms with Crippen molar-refractivity contribution in [2.45, 2.75) is 374 Å². The Morgan fingerprint density at radius 1 is 0.260 bits per heavy atom. The second-order valence-corrected chi connectivity index (χ2v) is 23.1. The summed E-state index contributed by atoms with van der Waals surface area (Å²) in [6.07, 6.45) is 83.0. The predicted octanol–water partition coefficient (Wildman–Crippen LogP) is 23.3. The van der Waals surface area contributed by atoms with E-state index in [9.17, 15) is 14.4 Å². The van der Waals surface area contributed by atoms with Gasteiger partial charge in [-0.15, -0.1) is 0 Å². The molecule has 0 N–H and O–H groups in total. The van der Waals surface area contributed by atoms with E-state index in [-0.39, 0.29) is 31.1 Å². The van der Waals surface area contributed by atoms with Gasteiger partial charge in [0.25, 0.3) is 0 Å². The number of carbonyl (C=O) groups is 3. The normalized spacial score (nSPS) is 12.3. The first-order valence-corrected chi connectivity index (χ1v) is 34.1. The first-order chi connectivity index (χ1) is 38.0. The fraction of sp³-hybridized carbons (Fsp3) is 0.845. The van der Waals surface area contributed by atoms with Crippen LogP contribution in [0.4, 0.5) is 0 Å². The zero-order valence-electron chi connectivity index (χ0n) is 51.7. The largest absolute Gasteiger partial charge is 0.462 e. The zero-order valence-corrected chi connectivity index (χ0v) is 51.7. The lowest BCUT2D eigenvalue weighted by Crippen LogP contribution is -2.30. The van der Waals surface area contributed by atoms with E-state index < -0.39 is 6.10 Å². The number of unbranched alkanes of at least 4 members (excludes halogenated alkanes) is 44. The van der Waals surface area contributed by atoms with Crippen LogP contribution in [0.2, 0.25) is 0 Å². The minimum atomic E-state index is -0.782. The molecule has 0 saturated heterocycles. The third-order valence-electron chi connectivity index (χ3n) is 15.3. The van der Waals surface area contributed by atoms with E-state index in [0.29, 0.717) is 19.3 Å². The standard InChI is InChI=1S/C71H130O6/c1-4-7-10-13-16-19-22-25-27-28-29-30-31-32-33-34-35-36-37-38-39-40-41-42-43-44-45-47-49-52-55-58-61-64-70(73)76-67-68(66-75-69(72)63-60-57-54-51-48-24-21-18-15-12-9-6-3)77-71(74)65-62-59-56-53-50-46-26-23-20-17-14-11-8-5-2/h14,17-18,21,23,26,28-29,68H,4-13,15-16,19-20,22,24-25,27,30-67H2,1-3H3/b17-14-,21-18-,26-23-,29-28-. The van der Waals surface area contributed by atoms with E-state index in [0.717, 1.165) is 89.9 Å². The van der Waals surface area contributed by atoms with E-state index in [1.807, 2.05) is 0 Å². The van der Waals surface area contributed by atoms with Gasteiger partial charge in [0.2, 0.25) is 0 Å². The average Bonchev–Trinajstić information content (AvgIpc) is 3.43. The predicted molar refractivity (Wildman–Crippen MR) is 335 cm³/mol. The van der Waals surface area contributed by atoms with Crippen LogP contribution < -0.4 is 0 Å². The van der Waals surface area contributed by atoms with Gasteiger partial charge < -0.3 is 14.2 Å². The Kier molecular flexibility index (Phi) is 63.6. The van der Waals surface area contributed by atoms with Crippen LogP contribution in [0.25, 0.3) is 0 Å². The summed E-state index contributed by atoms with van der Waals surface area (Å²) in [5.74, 6) is -0.883. The number of ether oxygens (including phenoxy) is 3. The minimum Gasteiger partial charge on any atom is -0.462 e. The summed E-state index contributed by atoms with van der Waals surface area (Å²) in [5.41, 5.74) is 0. The molecule has 0 amide bonds. The van der Waals surface area contributed by atoms with Gasteiger partial charge >= 0.3 is 17.9 Å². The van der Waals surface area contributed by atoms with Crippen molar-refractivity contribution in [3.05, 3.63) is 48.6 Å². The van der Waals surface area contributed by atoms with E-state index in [2.05, 4.69) is 69.4 Å². The molecule has 0 aromatic rings. The SMILES string of the molecule is CCCC/C=C\C/C=C\CCCCCCCC(=O)OC(COC(=O)CCCCCCC/C=C\CCCCC)COC(=O)CCCCCCCCCCCCCCCCCCCCCCC/C=C\CCCCCCCCCC. The smallest absolute Gasteiger partial charge is 0.306 e. The van der Waals surface area contributed by atoms with Gasteiger partial charge in [0.15, 0.2) is 6.10 Å². The Bertz CT molecular complexity index is 1330. The number of carbonyl (C=O) groups excluding carboxylic acids is 3. The third-order valence-corrected chi connectivity index (χ3v) is 15.3. The van der Waals surface area contributed by atoms with Gasteiger partial charge in [-0.25, -0.2) is 0 Å². The van der Waals surface area contributed by atoms with Gasteiger partial charge in [0.1, 0.15) is 13.2 Å². The molecule has 0 rings (SSSR count). The molecule has 0 aliphatic rings. The van der Waals surface area contributed by atoms with Crippen molar-refractivity contribution >= 4 is 17.9 Å². The van der Waals surface area contributed by atoms with Crippen LogP contribution in [0.1, 0.15) is 367 Å². The number of esters is 3. The molecule has 450 valence electrons. The van der Waals surface area contributed by atoms with Crippen LogP contribution >= 0.6 is 0 Å². The molecular formula is C71H130O6. The maximum Gasteiger partial charge on any atom is 0.306 e. The highest BCUT2D eigenvalue weighted by Gasteiger charge is 2.19. The lowest BCUT2D eigenvalue weighted by atomic mass is 10.0. The van der Waals surface area contributed by atoms with Crippen molar-refractivity contribution in [2.24, 2.45) is 0 Å². The Hall–Kier alpha value is -2.63. The van der Waals surface area contributed by atoms with Crippen LogP contribution in [0.5, 0.6) is 0 Å². The number of rotatable bonds is 63. The molecule has 0 aliphatic heterocycles. The van der Waals surface area contributed by atoms with E-state index in [1.165, 1.54) is 238 Å². The Labute approximate surface area is 479 Å². The van der Waals surface area contributed by atoms with Gasteiger partial charge in [-0.05, 0) is 96.3 Å². The maximum atomic E-state index is 12.9. The van der Waals surface area contributed by atoms with E-state index in [4.69, 9.17) is 14.2 Å². The molecule has 77 heavy (non-hydrogen) atoms. The minimum absolute atomic E-state index is 0.0781. The summed E-state index contributed by atoms with van der Waals surface area (Å²) in [6.45, 7) is 6.60. The molecule has 6 heteroatoms. The van der Waals surface area contributed by atoms with Crippen molar-refractivity contribution in [3.63, 3.8) is 0 Å². The average molecular weight is 1080 g/mol. The van der Waals surface area contributed by atoms with Crippen molar-refractivity contribution < 1.29 is 28.6 Å². The first kappa shape index (κ1) is 74.4. The van der Waals surface area contributed by atoms with Crippen LogP contribution in [0, 0.1) is 0 Å². The summed E-state index contributed by atoms with van der Waals surface area (Å²) >= 11 is 0. The molecule has 0 aliphatic carbocycles. The van der Waals surface area contributed by atoms with E-state index >= 15 is 0 Å². The van der Waals surface area contributed by atoms with Crippen LogP contribution in [-0.4, -0.2) is 37.2 Å². The molecule has 0 fully saturated rings. The fourth-order valence-electron chi connectivity index (χ4n) is 10.1. The van der Waals surface area contributed by atoms with Crippen molar-refractivity contribution in [1.29, 1.82) is 0 Å². The van der Waals surface area contributed by atoms with Crippen LogP contribution in [0.15, 0.2) is 48.6 Å². The van der Waals surface area contributed by atoms with Crippen molar-refractivity contribution in [2.75, 3.05) is 13.2 Å². The van der Waals surface area contributed by atoms with Crippen molar-refractivity contribution in [3.8, 4) is 0 Å². The molecule has 0 aromatic heterocycles. The summed E-state index contributed by atoms with van der Waals surface area (Å²) in [7, 11) is 0. The molecular weight excluding hydrogens is 949 g/mol. The molecule has 1 unspecified atom stereocenters. The first-order valence-electron chi connectivity index (χ1n) is 34.1. The Balaban J connectivity index is 4.06. The quantitative estimate of drug-likeness (QED) is 0.0261. The second kappa shape index (κ2) is 65.9. The zero-order chi connectivity index (χ0) is 55.7. The monoisotopic (exact) mass is 1080 g/mol. The third kappa shape index (κ3) is 64.1. The molecule has 0 heterocycles. The number of hydrogen-bond donors (Lipinski definition) is 0. The van der Waals surface area contributed by atoms with E-state index in [1.54, 1.807) is 0 Å². The molecule has 1 atom stereocenters. The highest BCUT2D eigenvalue weighted by atomic mass is 16.6. The molecule has 0 spiro atoms. The number of allylic oxidation sites excluding steroid dienone is 8. The van der Waals surface area contributed by atoms with Gasteiger partial charge in [-0.1, -0.05) is 301 Å². The summed E-state index contributed by atoms with van der Waals surface area (Å²) in [5, 5.41) is 0. The molecule has 0 radical (unpaired) electrons. The summed E-state index contributed by atoms with van der Waals surface area (Å²) in [6, 6.07) is 0. The topological polar surface area (TPSA) is 78.9 Å². The molecule has 6 nitrogen and oxygen atoms in total. The summed E-state index contributed by atoms with van der Waals surface area (Å²) in [4.78, 5) is 38.2. The lowest BCUT2D eigenvalue weighted by Gasteiger charge is -2.18. The summed E-state index contributed by atoms with van der Waals surface area (Å²) < 4.78 is 16.9. The Morgan fingerprint density at radius 2 is 0.481 bits per heavy atom. The van der Waals surface area contributed by atoms with Gasteiger partial charge in [0.05, 0.1) is 0 Å². The molecule has 0 bridgehead atoms. The highest BCUT2D eigenvalue weighted by molar-refractivity contribution is 5.71. The highest BCUT2D eigenvalue weighted by Crippen LogP contribution is 2.18. The second-order valence-electron chi connectivity index (χ2n) is 23.1. The Morgan fingerprint density at radius 3 is 0.792 bits per heavy atom. The van der Waals surface area contributed by atoms with Crippen LogP contribution in [-0.2, 0) is 28.6 Å². The lowest BCUT2D eigenvalue weighted by molar-refractivity contribution is -0.167. The van der Waals surface area contributed by atoms with Gasteiger partial charge in [-0.3, -0.25) is 14.4 Å².